The van der Waals surface area contributed by atoms with Gasteiger partial charge in [-0.05, 0) is 25.2 Å². The van der Waals surface area contributed by atoms with Crippen LogP contribution in [0.1, 0.15) is 91.4 Å². The summed E-state index contributed by atoms with van der Waals surface area (Å²) in [5.74, 6) is 0.511. The van der Waals surface area contributed by atoms with Crippen LogP contribution in [0.15, 0.2) is 4.99 Å². The summed E-state index contributed by atoms with van der Waals surface area (Å²) in [7, 11) is 0. The highest BCUT2D eigenvalue weighted by atomic mass is 35.5. The van der Waals surface area contributed by atoms with Crippen LogP contribution >= 0.6 is 24.8 Å². The predicted molar refractivity (Wildman–Crippen MR) is 119 cm³/mol. The number of guanidine groups is 2. The molecule has 26 heavy (non-hydrogen) atoms. The van der Waals surface area contributed by atoms with Gasteiger partial charge < -0.3 is 22.5 Å². The normalized spacial score (nSPS) is 13.5. The maximum absolute atomic E-state index is 7.70. The molecule has 0 radical (unpaired) electrons. The number of aliphatic imine (C=N–C) groups is 1. The molecule has 0 aliphatic carbocycles. The zero-order valence-electron chi connectivity index (χ0n) is 16.9. The molecule has 0 aromatic carbocycles. The van der Waals surface area contributed by atoms with Gasteiger partial charge in [0.15, 0.2) is 11.9 Å². The quantitative estimate of drug-likeness (QED) is 0.166. The molecule has 0 amide bonds. The van der Waals surface area contributed by atoms with E-state index in [0.717, 1.165) is 38.5 Å². The fraction of sp³-hybridized carbons (Fsp3) is 0.889. The smallest absolute Gasteiger partial charge is 0.188 e. The average Bonchev–Trinajstić information content (AvgIpc) is 2.50. The molecule has 0 aromatic heterocycles. The molecule has 0 aliphatic rings. The number of halogens is 2. The van der Waals surface area contributed by atoms with Gasteiger partial charge in [-0.2, -0.15) is 0 Å². The van der Waals surface area contributed by atoms with Crippen LogP contribution in [-0.4, -0.2) is 17.6 Å². The Morgan fingerprint density at radius 1 is 0.962 bits per heavy atom. The molecule has 0 rings (SSSR count). The third-order valence-corrected chi connectivity index (χ3v) is 4.57. The van der Waals surface area contributed by atoms with Gasteiger partial charge in [0.25, 0.3) is 0 Å². The number of nitrogens with zero attached hydrogens (tertiary/aromatic N) is 1. The van der Waals surface area contributed by atoms with Gasteiger partial charge in [0.2, 0.25) is 0 Å². The number of nitrogens with one attached hydrogen (secondary N) is 2. The summed E-state index contributed by atoms with van der Waals surface area (Å²) in [6.07, 6.45) is 12.1. The van der Waals surface area contributed by atoms with E-state index >= 15 is 0 Å². The van der Waals surface area contributed by atoms with Crippen LogP contribution in [0.25, 0.3) is 0 Å². The second-order valence-electron chi connectivity index (χ2n) is 6.89. The minimum atomic E-state index is -0.648. The first-order valence-electron chi connectivity index (χ1n) is 9.62. The summed E-state index contributed by atoms with van der Waals surface area (Å²) < 4.78 is 0. The summed E-state index contributed by atoms with van der Waals surface area (Å²) in [4.78, 5) is 4.50. The van der Waals surface area contributed by atoms with E-state index in [4.69, 9.17) is 22.6 Å². The van der Waals surface area contributed by atoms with Crippen LogP contribution < -0.4 is 22.5 Å². The summed E-state index contributed by atoms with van der Waals surface area (Å²) in [5.41, 5.74) is 16.4. The number of nitrogens with two attached hydrogens (primary N) is 3. The Morgan fingerprint density at radius 2 is 1.54 bits per heavy atom. The van der Waals surface area contributed by atoms with E-state index in [0.29, 0.717) is 5.92 Å². The first kappa shape index (κ1) is 29.9. The lowest BCUT2D eigenvalue weighted by atomic mass is 9.86. The molecule has 2 atom stereocenters. The van der Waals surface area contributed by atoms with E-state index in [-0.39, 0.29) is 36.7 Å². The second-order valence-corrected chi connectivity index (χ2v) is 6.89. The van der Waals surface area contributed by atoms with Crippen LogP contribution in [0.5, 0.6) is 0 Å². The molecule has 6 nitrogen and oxygen atoms in total. The van der Waals surface area contributed by atoms with Gasteiger partial charge in [0.1, 0.15) is 5.66 Å². The van der Waals surface area contributed by atoms with Crippen molar-refractivity contribution < 1.29 is 0 Å². The van der Waals surface area contributed by atoms with E-state index in [2.05, 4.69) is 31.1 Å². The van der Waals surface area contributed by atoms with Crippen molar-refractivity contribution in [3.05, 3.63) is 0 Å². The Labute approximate surface area is 172 Å². The Morgan fingerprint density at radius 3 is 2.00 bits per heavy atom. The van der Waals surface area contributed by atoms with Crippen molar-refractivity contribution >= 4 is 36.7 Å². The van der Waals surface area contributed by atoms with Gasteiger partial charge in [0, 0.05) is 0 Å². The molecule has 0 fully saturated rings. The minimum absolute atomic E-state index is 0. The molecule has 0 spiro atoms. The number of hydrogen-bond acceptors (Lipinski definition) is 2. The molecule has 8 heteroatoms. The highest BCUT2D eigenvalue weighted by molar-refractivity contribution is 5.85. The van der Waals surface area contributed by atoms with Crippen molar-refractivity contribution in [3.8, 4) is 0 Å². The molecule has 0 heterocycles. The van der Waals surface area contributed by atoms with Crippen molar-refractivity contribution in [1.82, 2.24) is 5.32 Å². The van der Waals surface area contributed by atoms with Crippen molar-refractivity contribution in [3.63, 3.8) is 0 Å². The number of rotatable bonds is 14. The lowest BCUT2D eigenvalue weighted by Gasteiger charge is -2.34. The van der Waals surface area contributed by atoms with Gasteiger partial charge in [-0.1, -0.05) is 72.1 Å². The molecule has 158 valence electrons. The van der Waals surface area contributed by atoms with Crippen molar-refractivity contribution in [2.24, 2.45) is 28.1 Å². The topological polar surface area (TPSA) is 126 Å². The Bertz CT molecular complexity index is 375. The van der Waals surface area contributed by atoms with Crippen LogP contribution in [0.3, 0.4) is 0 Å². The summed E-state index contributed by atoms with van der Waals surface area (Å²) >= 11 is 0. The zero-order valence-corrected chi connectivity index (χ0v) is 18.5. The number of unbranched alkanes of at least 4 members (excludes halogenated alkanes) is 5. The highest BCUT2D eigenvalue weighted by Crippen LogP contribution is 2.30. The van der Waals surface area contributed by atoms with Crippen LogP contribution in [0.4, 0.5) is 0 Å². The second kappa shape index (κ2) is 17.5. The van der Waals surface area contributed by atoms with Crippen LogP contribution in [-0.2, 0) is 0 Å². The van der Waals surface area contributed by atoms with Gasteiger partial charge in [0.05, 0.1) is 0 Å². The van der Waals surface area contributed by atoms with Crippen molar-refractivity contribution in [2.45, 2.75) is 97.1 Å². The van der Waals surface area contributed by atoms with Gasteiger partial charge in [-0.3, -0.25) is 5.41 Å². The zero-order chi connectivity index (χ0) is 18.4. The van der Waals surface area contributed by atoms with E-state index in [1.54, 1.807) is 0 Å². The Kier molecular flexibility index (Phi) is 20.1. The maximum atomic E-state index is 7.70. The molecule has 0 aliphatic heterocycles. The van der Waals surface area contributed by atoms with Gasteiger partial charge in [-0.15, -0.1) is 24.8 Å². The fourth-order valence-corrected chi connectivity index (χ4v) is 3.28. The first-order valence-corrected chi connectivity index (χ1v) is 9.62. The van der Waals surface area contributed by atoms with Gasteiger partial charge >= 0.3 is 0 Å². The third kappa shape index (κ3) is 14.3. The summed E-state index contributed by atoms with van der Waals surface area (Å²) in [6, 6.07) is 0. The Hall–Kier alpha value is -0.880. The largest absolute Gasteiger partial charge is 0.370 e. The third-order valence-electron chi connectivity index (χ3n) is 4.57. The van der Waals surface area contributed by atoms with Gasteiger partial charge in [-0.25, -0.2) is 4.99 Å². The van der Waals surface area contributed by atoms with E-state index < -0.39 is 5.66 Å². The Balaban J connectivity index is -0.00000264. The van der Waals surface area contributed by atoms with Crippen LogP contribution in [0, 0.1) is 11.3 Å². The molecule has 2 unspecified atom stereocenters. The predicted octanol–water partition coefficient (Wildman–Crippen LogP) is 4.25. The van der Waals surface area contributed by atoms with E-state index in [1.807, 2.05) is 0 Å². The van der Waals surface area contributed by atoms with E-state index in [1.165, 1.54) is 32.1 Å². The molecule has 0 aromatic rings. The molecule has 0 saturated heterocycles. The summed E-state index contributed by atoms with van der Waals surface area (Å²) in [5, 5.41) is 10.8. The number of hydrogen-bond donors (Lipinski definition) is 5. The first-order chi connectivity index (χ1) is 11.4. The standard InChI is InChI=1S/C18H40N6.2ClH/c1-4-7-9-10-11-13-18(23-16(19)20,24-17(21)22)14-15(6-3)12-8-5-2;;/h15H,4-14H2,1-3H3,(H4,19,20,23)(H4,21,22,24);2*1H. The highest BCUT2D eigenvalue weighted by Gasteiger charge is 2.32. The maximum Gasteiger partial charge on any atom is 0.188 e. The average molecular weight is 413 g/mol. The molecular weight excluding hydrogens is 371 g/mol. The summed E-state index contributed by atoms with van der Waals surface area (Å²) in [6.45, 7) is 6.62. The fourth-order valence-electron chi connectivity index (χ4n) is 3.28. The molecule has 0 saturated carbocycles. The lowest BCUT2D eigenvalue weighted by Crippen LogP contribution is -2.52. The van der Waals surface area contributed by atoms with Crippen molar-refractivity contribution in [2.75, 3.05) is 0 Å². The van der Waals surface area contributed by atoms with Crippen molar-refractivity contribution in [1.29, 1.82) is 5.41 Å². The van der Waals surface area contributed by atoms with Crippen LogP contribution in [0.2, 0.25) is 0 Å². The molecular formula is C18H42Cl2N6. The SMILES string of the molecule is CCCCCCCC(CC(CC)CCCC)(N=C(N)N)NC(=N)N.Cl.Cl. The molecule has 8 N–H and O–H groups in total. The van der Waals surface area contributed by atoms with E-state index in [9.17, 15) is 0 Å². The molecule has 0 bridgehead atoms. The monoisotopic (exact) mass is 412 g/mol. The lowest BCUT2D eigenvalue weighted by molar-refractivity contribution is 0.253. The minimum Gasteiger partial charge on any atom is -0.370 e.